The van der Waals surface area contributed by atoms with E-state index in [9.17, 15) is 18.5 Å². The van der Waals surface area contributed by atoms with Crippen LogP contribution in [-0.2, 0) is 10.1 Å². The van der Waals surface area contributed by atoms with E-state index in [0.717, 1.165) is 0 Å². The summed E-state index contributed by atoms with van der Waals surface area (Å²) in [7, 11) is -4.70. The molecule has 3 N–H and O–H groups in total. The van der Waals surface area contributed by atoms with Gasteiger partial charge in [0.25, 0.3) is 5.69 Å². The fourth-order valence-corrected chi connectivity index (χ4v) is 2.03. The molecule has 8 heteroatoms. The van der Waals surface area contributed by atoms with E-state index in [1.807, 2.05) is 0 Å². The topological polar surface area (TPSA) is 124 Å². The minimum Gasteiger partial charge on any atom is -0.397 e. The predicted molar refractivity (Wildman–Crippen MR) is 52.1 cm³/mol. The summed E-state index contributed by atoms with van der Waals surface area (Å²) in [5, 5.41) is 10.6. The number of aryl methyl sites for hydroxylation is 1. The number of hydrogen-bond acceptors (Lipinski definition) is 5. The Morgan fingerprint density at radius 2 is 2.00 bits per heavy atom. The molecule has 0 fully saturated rings. The average Bonchev–Trinajstić information content (AvgIpc) is 2.05. The third kappa shape index (κ3) is 2.05. The molecule has 0 saturated heterocycles. The molecule has 0 amide bonds. The molecule has 7 nitrogen and oxygen atoms in total. The Balaban J connectivity index is 3.76. The van der Waals surface area contributed by atoms with Crippen LogP contribution in [0.4, 0.5) is 11.4 Å². The van der Waals surface area contributed by atoms with Gasteiger partial charge in [-0.3, -0.25) is 14.7 Å². The fourth-order valence-electron chi connectivity index (χ4n) is 1.18. The van der Waals surface area contributed by atoms with E-state index in [-0.39, 0.29) is 11.3 Å². The Morgan fingerprint density at radius 3 is 2.33 bits per heavy atom. The highest BCUT2D eigenvalue weighted by Gasteiger charge is 2.28. The van der Waals surface area contributed by atoms with Crippen molar-refractivity contribution in [2.75, 3.05) is 5.73 Å². The molecule has 0 aliphatic rings. The number of nitrogens with zero attached hydrogens (tertiary/aromatic N) is 1. The molecule has 0 aliphatic carbocycles. The maximum Gasteiger partial charge on any atom is 0.303 e. The number of rotatable bonds is 2. The highest BCUT2D eigenvalue weighted by atomic mass is 32.2. The minimum absolute atomic E-state index is 0.113. The summed E-state index contributed by atoms with van der Waals surface area (Å²) in [5.74, 6) is 0. The Hall–Kier alpha value is -1.67. The van der Waals surface area contributed by atoms with Gasteiger partial charge in [-0.05, 0) is 13.0 Å². The zero-order valence-electron chi connectivity index (χ0n) is 7.67. The lowest BCUT2D eigenvalue weighted by Crippen LogP contribution is -2.08. The van der Waals surface area contributed by atoms with Gasteiger partial charge < -0.3 is 5.73 Å². The quantitative estimate of drug-likeness (QED) is 0.335. The summed E-state index contributed by atoms with van der Waals surface area (Å²) in [6, 6.07) is 2.49. The van der Waals surface area contributed by atoms with Crippen LogP contribution in [0.2, 0.25) is 0 Å². The molecule has 0 radical (unpaired) electrons. The highest BCUT2D eigenvalue weighted by Crippen LogP contribution is 2.32. The third-order valence-corrected chi connectivity index (χ3v) is 2.75. The lowest BCUT2D eigenvalue weighted by atomic mass is 10.2. The molecular formula is C7H8N2O5S. The van der Waals surface area contributed by atoms with Crippen molar-refractivity contribution in [2.24, 2.45) is 0 Å². The summed E-state index contributed by atoms with van der Waals surface area (Å²) in [5.41, 5.74) is 4.33. The molecule has 0 bridgehead atoms. The summed E-state index contributed by atoms with van der Waals surface area (Å²) >= 11 is 0. The predicted octanol–water partition coefficient (Wildman–Crippen LogP) is 0.732. The van der Waals surface area contributed by atoms with E-state index in [0.29, 0.717) is 0 Å². The SMILES string of the molecule is Cc1ccc(N)c(S(=O)(=O)O)c1[N+](=O)[O-]. The molecule has 1 aromatic carbocycles. The maximum atomic E-state index is 10.9. The van der Waals surface area contributed by atoms with Gasteiger partial charge in [-0.1, -0.05) is 6.07 Å². The lowest BCUT2D eigenvalue weighted by Gasteiger charge is -2.05. The van der Waals surface area contributed by atoms with Gasteiger partial charge in [0.15, 0.2) is 4.90 Å². The van der Waals surface area contributed by atoms with Gasteiger partial charge in [0.05, 0.1) is 10.6 Å². The normalized spacial score (nSPS) is 11.3. The number of benzene rings is 1. The van der Waals surface area contributed by atoms with Crippen LogP contribution >= 0.6 is 0 Å². The molecule has 0 aliphatic heterocycles. The molecule has 82 valence electrons. The first-order valence-electron chi connectivity index (χ1n) is 3.76. The van der Waals surface area contributed by atoms with Crippen molar-refractivity contribution in [3.8, 4) is 0 Å². The van der Waals surface area contributed by atoms with Crippen molar-refractivity contribution in [3.63, 3.8) is 0 Å². The second-order valence-electron chi connectivity index (χ2n) is 2.88. The third-order valence-electron chi connectivity index (χ3n) is 1.80. The maximum absolute atomic E-state index is 10.9. The molecule has 0 aromatic heterocycles. The highest BCUT2D eigenvalue weighted by molar-refractivity contribution is 7.86. The van der Waals surface area contributed by atoms with Gasteiger partial charge in [0.2, 0.25) is 0 Å². The number of anilines is 1. The smallest absolute Gasteiger partial charge is 0.303 e. The van der Waals surface area contributed by atoms with Gasteiger partial charge in [-0.15, -0.1) is 0 Å². The average molecular weight is 232 g/mol. The van der Waals surface area contributed by atoms with Crippen LogP contribution in [0.1, 0.15) is 5.56 Å². The number of nitrogens with two attached hydrogens (primary N) is 1. The fraction of sp³-hybridized carbons (Fsp3) is 0.143. The molecule has 0 saturated carbocycles. The van der Waals surface area contributed by atoms with Crippen LogP contribution in [0.3, 0.4) is 0 Å². The van der Waals surface area contributed by atoms with Crippen molar-refractivity contribution in [1.82, 2.24) is 0 Å². The van der Waals surface area contributed by atoms with Crippen molar-refractivity contribution in [2.45, 2.75) is 11.8 Å². The van der Waals surface area contributed by atoms with Crippen LogP contribution in [0.5, 0.6) is 0 Å². The second-order valence-corrected chi connectivity index (χ2v) is 4.24. The number of nitrogen functional groups attached to an aromatic ring is 1. The van der Waals surface area contributed by atoms with Crippen LogP contribution in [-0.4, -0.2) is 17.9 Å². The minimum atomic E-state index is -4.70. The van der Waals surface area contributed by atoms with E-state index < -0.39 is 25.6 Å². The molecule has 1 aromatic rings. The summed E-state index contributed by atoms with van der Waals surface area (Å²) in [6.45, 7) is 1.35. The zero-order valence-corrected chi connectivity index (χ0v) is 8.48. The Morgan fingerprint density at radius 1 is 1.47 bits per heavy atom. The lowest BCUT2D eigenvalue weighted by molar-refractivity contribution is -0.388. The van der Waals surface area contributed by atoms with Gasteiger partial charge >= 0.3 is 10.1 Å². The van der Waals surface area contributed by atoms with Gasteiger partial charge in [0, 0.05) is 5.56 Å². The summed E-state index contributed by atoms with van der Waals surface area (Å²) in [4.78, 5) is 8.87. The second kappa shape index (κ2) is 3.48. The summed E-state index contributed by atoms with van der Waals surface area (Å²) < 4.78 is 30.6. The number of nitro benzene ring substituents is 1. The Bertz CT molecular complexity index is 522. The molecule has 0 unspecified atom stereocenters. The standard InChI is InChI=1S/C7H8N2O5S/c1-4-2-3-5(8)7(15(12,13)14)6(4)9(10)11/h2-3H,8H2,1H3,(H,12,13,14). The molecule has 0 atom stereocenters. The van der Waals surface area contributed by atoms with Crippen molar-refractivity contribution in [1.29, 1.82) is 0 Å². The molecule has 1 rings (SSSR count). The first kappa shape index (κ1) is 11.4. The monoisotopic (exact) mass is 232 g/mol. The largest absolute Gasteiger partial charge is 0.397 e. The summed E-state index contributed by atoms with van der Waals surface area (Å²) in [6.07, 6.45) is 0. The van der Waals surface area contributed by atoms with Crippen molar-refractivity contribution in [3.05, 3.63) is 27.8 Å². The molecule has 0 heterocycles. The molecule has 15 heavy (non-hydrogen) atoms. The van der Waals surface area contributed by atoms with E-state index in [1.165, 1.54) is 19.1 Å². The van der Waals surface area contributed by atoms with Gasteiger partial charge in [0.1, 0.15) is 0 Å². The van der Waals surface area contributed by atoms with E-state index >= 15 is 0 Å². The van der Waals surface area contributed by atoms with E-state index in [2.05, 4.69) is 0 Å². The van der Waals surface area contributed by atoms with Gasteiger partial charge in [-0.2, -0.15) is 8.42 Å². The molecular weight excluding hydrogens is 224 g/mol. The van der Waals surface area contributed by atoms with Crippen LogP contribution < -0.4 is 5.73 Å². The van der Waals surface area contributed by atoms with E-state index in [1.54, 1.807) is 0 Å². The first-order chi connectivity index (χ1) is 6.75. The van der Waals surface area contributed by atoms with E-state index in [4.69, 9.17) is 10.3 Å². The van der Waals surface area contributed by atoms with Crippen LogP contribution in [0.25, 0.3) is 0 Å². The first-order valence-corrected chi connectivity index (χ1v) is 5.20. The number of nitro groups is 1. The van der Waals surface area contributed by atoms with Crippen molar-refractivity contribution < 1.29 is 17.9 Å². The Kier molecular flexibility index (Phi) is 2.65. The van der Waals surface area contributed by atoms with Crippen LogP contribution in [0, 0.1) is 17.0 Å². The number of hydrogen-bond donors (Lipinski definition) is 2. The van der Waals surface area contributed by atoms with Gasteiger partial charge in [-0.25, -0.2) is 0 Å². The zero-order chi connectivity index (χ0) is 11.8. The van der Waals surface area contributed by atoms with Crippen LogP contribution in [0.15, 0.2) is 17.0 Å². The Labute approximate surface area is 85.4 Å². The van der Waals surface area contributed by atoms with Crippen molar-refractivity contribution >= 4 is 21.5 Å². The molecule has 0 spiro atoms.